The van der Waals surface area contributed by atoms with Crippen molar-refractivity contribution in [3.63, 3.8) is 0 Å². The van der Waals surface area contributed by atoms with E-state index < -0.39 is 0 Å². The summed E-state index contributed by atoms with van der Waals surface area (Å²) in [5.41, 5.74) is 2.38. The SMILES string of the molecule is Clc1ccc2c(ccn2CCNc2ccccc2)c1. The van der Waals surface area contributed by atoms with Crippen LogP contribution in [0.4, 0.5) is 5.69 Å². The first-order chi connectivity index (χ1) is 9.33. The fraction of sp³-hybridized carbons (Fsp3) is 0.125. The molecule has 0 saturated heterocycles. The van der Waals surface area contributed by atoms with Crippen LogP contribution in [0.15, 0.2) is 60.8 Å². The van der Waals surface area contributed by atoms with Crippen LogP contribution in [0.1, 0.15) is 0 Å². The molecule has 0 unspecified atom stereocenters. The van der Waals surface area contributed by atoms with Gasteiger partial charge in [0.25, 0.3) is 0 Å². The lowest BCUT2D eigenvalue weighted by Gasteiger charge is -2.08. The summed E-state index contributed by atoms with van der Waals surface area (Å²) in [6.07, 6.45) is 2.10. The maximum Gasteiger partial charge on any atom is 0.0481 e. The van der Waals surface area contributed by atoms with E-state index in [0.717, 1.165) is 23.8 Å². The van der Waals surface area contributed by atoms with Crippen LogP contribution in [-0.4, -0.2) is 11.1 Å². The highest BCUT2D eigenvalue weighted by atomic mass is 35.5. The Morgan fingerprint density at radius 2 is 1.84 bits per heavy atom. The van der Waals surface area contributed by atoms with Gasteiger partial charge in [0.1, 0.15) is 0 Å². The van der Waals surface area contributed by atoms with Crippen molar-refractivity contribution >= 4 is 28.2 Å². The lowest BCUT2D eigenvalue weighted by Crippen LogP contribution is -2.09. The molecule has 0 bridgehead atoms. The van der Waals surface area contributed by atoms with Crippen molar-refractivity contribution in [1.82, 2.24) is 4.57 Å². The first-order valence-corrected chi connectivity index (χ1v) is 6.74. The standard InChI is InChI=1S/C16H15ClN2/c17-14-6-7-16-13(12-14)8-10-19(16)11-9-18-15-4-2-1-3-5-15/h1-8,10,12,18H,9,11H2. The zero-order valence-electron chi connectivity index (χ0n) is 10.5. The molecule has 1 aromatic heterocycles. The number of fused-ring (bicyclic) bond motifs is 1. The molecule has 19 heavy (non-hydrogen) atoms. The molecule has 0 aliphatic heterocycles. The lowest BCUT2D eigenvalue weighted by molar-refractivity contribution is 0.757. The fourth-order valence-corrected chi connectivity index (χ4v) is 2.42. The topological polar surface area (TPSA) is 17.0 Å². The molecule has 0 amide bonds. The Bertz CT molecular complexity index is 674. The van der Waals surface area contributed by atoms with Gasteiger partial charge in [-0.15, -0.1) is 0 Å². The predicted octanol–water partition coefficient (Wildman–Crippen LogP) is 4.41. The fourth-order valence-electron chi connectivity index (χ4n) is 2.24. The number of nitrogens with one attached hydrogen (secondary N) is 1. The Kier molecular flexibility index (Phi) is 3.43. The van der Waals surface area contributed by atoms with Gasteiger partial charge in [-0.3, -0.25) is 0 Å². The van der Waals surface area contributed by atoms with E-state index >= 15 is 0 Å². The van der Waals surface area contributed by atoms with Crippen LogP contribution in [0.3, 0.4) is 0 Å². The van der Waals surface area contributed by atoms with Crippen molar-refractivity contribution < 1.29 is 0 Å². The number of para-hydroxylation sites is 1. The first-order valence-electron chi connectivity index (χ1n) is 6.36. The quantitative estimate of drug-likeness (QED) is 0.743. The van der Waals surface area contributed by atoms with E-state index in [4.69, 9.17) is 11.6 Å². The van der Waals surface area contributed by atoms with E-state index in [1.165, 1.54) is 10.9 Å². The molecule has 0 fully saturated rings. The maximum atomic E-state index is 5.99. The third-order valence-electron chi connectivity index (χ3n) is 3.19. The average molecular weight is 271 g/mol. The van der Waals surface area contributed by atoms with Crippen molar-refractivity contribution in [3.8, 4) is 0 Å². The molecule has 3 aromatic rings. The molecular weight excluding hydrogens is 256 g/mol. The lowest BCUT2D eigenvalue weighted by atomic mass is 10.2. The molecule has 0 aliphatic carbocycles. The summed E-state index contributed by atoms with van der Waals surface area (Å²) in [6, 6.07) is 18.4. The van der Waals surface area contributed by atoms with Crippen LogP contribution in [-0.2, 0) is 6.54 Å². The molecule has 2 aromatic carbocycles. The normalized spacial score (nSPS) is 10.8. The number of hydrogen-bond donors (Lipinski definition) is 1. The highest BCUT2D eigenvalue weighted by molar-refractivity contribution is 6.31. The minimum atomic E-state index is 0.785. The second kappa shape index (κ2) is 5.37. The monoisotopic (exact) mass is 270 g/mol. The van der Waals surface area contributed by atoms with Gasteiger partial charge in [-0.2, -0.15) is 0 Å². The molecule has 0 atom stereocenters. The van der Waals surface area contributed by atoms with E-state index in [9.17, 15) is 0 Å². The largest absolute Gasteiger partial charge is 0.383 e. The summed E-state index contributed by atoms with van der Waals surface area (Å²) in [6.45, 7) is 1.83. The molecule has 1 N–H and O–H groups in total. The molecule has 3 rings (SSSR count). The number of anilines is 1. The zero-order valence-corrected chi connectivity index (χ0v) is 11.3. The number of aromatic nitrogens is 1. The Labute approximate surface area is 117 Å². The number of halogens is 1. The summed E-state index contributed by atoms with van der Waals surface area (Å²) < 4.78 is 2.24. The Hall–Kier alpha value is -1.93. The zero-order chi connectivity index (χ0) is 13.1. The summed E-state index contributed by atoms with van der Waals surface area (Å²) in [7, 11) is 0. The van der Waals surface area contributed by atoms with Crippen LogP contribution in [0, 0.1) is 0 Å². The minimum Gasteiger partial charge on any atom is -0.383 e. The van der Waals surface area contributed by atoms with Crippen LogP contribution in [0.2, 0.25) is 5.02 Å². The molecule has 0 saturated carbocycles. The Morgan fingerprint density at radius 3 is 2.68 bits per heavy atom. The molecule has 0 spiro atoms. The van der Waals surface area contributed by atoms with Crippen LogP contribution in [0.25, 0.3) is 10.9 Å². The molecule has 3 heteroatoms. The van der Waals surface area contributed by atoms with Crippen LogP contribution in [0.5, 0.6) is 0 Å². The third-order valence-corrected chi connectivity index (χ3v) is 3.42. The summed E-state index contributed by atoms with van der Waals surface area (Å²) >= 11 is 5.99. The van der Waals surface area contributed by atoms with Crippen molar-refractivity contribution in [1.29, 1.82) is 0 Å². The van der Waals surface area contributed by atoms with Crippen molar-refractivity contribution in [2.45, 2.75) is 6.54 Å². The Morgan fingerprint density at radius 1 is 1.00 bits per heavy atom. The van der Waals surface area contributed by atoms with Crippen molar-refractivity contribution in [2.75, 3.05) is 11.9 Å². The van der Waals surface area contributed by atoms with Gasteiger partial charge in [-0.25, -0.2) is 0 Å². The summed E-state index contributed by atoms with van der Waals surface area (Å²) in [4.78, 5) is 0. The van der Waals surface area contributed by atoms with Gasteiger partial charge in [-0.1, -0.05) is 29.8 Å². The summed E-state index contributed by atoms with van der Waals surface area (Å²) in [5, 5.41) is 5.38. The highest BCUT2D eigenvalue weighted by Crippen LogP contribution is 2.20. The number of hydrogen-bond acceptors (Lipinski definition) is 1. The highest BCUT2D eigenvalue weighted by Gasteiger charge is 2.01. The van der Waals surface area contributed by atoms with Gasteiger partial charge < -0.3 is 9.88 Å². The minimum absolute atomic E-state index is 0.785. The van der Waals surface area contributed by atoms with Gasteiger partial charge in [0.05, 0.1) is 0 Å². The average Bonchev–Trinajstić information content (AvgIpc) is 2.82. The van der Waals surface area contributed by atoms with Crippen LogP contribution >= 0.6 is 11.6 Å². The molecule has 2 nitrogen and oxygen atoms in total. The van der Waals surface area contributed by atoms with Gasteiger partial charge >= 0.3 is 0 Å². The molecule has 0 aliphatic rings. The van der Waals surface area contributed by atoms with Crippen molar-refractivity contribution in [3.05, 3.63) is 65.8 Å². The van der Waals surface area contributed by atoms with Crippen molar-refractivity contribution in [2.24, 2.45) is 0 Å². The number of benzene rings is 2. The van der Waals surface area contributed by atoms with Gasteiger partial charge in [0.15, 0.2) is 0 Å². The van der Waals surface area contributed by atoms with E-state index in [1.54, 1.807) is 0 Å². The second-order valence-electron chi connectivity index (χ2n) is 4.51. The smallest absolute Gasteiger partial charge is 0.0481 e. The molecule has 96 valence electrons. The van der Waals surface area contributed by atoms with E-state index in [2.05, 4.69) is 40.3 Å². The van der Waals surface area contributed by atoms with Crippen LogP contribution < -0.4 is 5.32 Å². The first kappa shape index (κ1) is 12.1. The maximum absolute atomic E-state index is 5.99. The van der Waals surface area contributed by atoms with E-state index in [0.29, 0.717) is 0 Å². The molecular formula is C16H15ClN2. The Balaban J connectivity index is 1.69. The molecule has 0 radical (unpaired) electrons. The number of nitrogens with zero attached hydrogens (tertiary/aromatic N) is 1. The van der Waals surface area contributed by atoms with Gasteiger partial charge in [0, 0.05) is 40.9 Å². The predicted molar refractivity (Wildman–Crippen MR) is 81.9 cm³/mol. The third kappa shape index (κ3) is 2.74. The van der Waals surface area contributed by atoms with Gasteiger partial charge in [-0.05, 0) is 36.4 Å². The summed E-state index contributed by atoms with van der Waals surface area (Å²) in [5.74, 6) is 0. The van der Waals surface area contributed by atoms with Gasteiger partial charge in [0.2, 0.25) is 0 Å². The number of rotatable bonds is 4. The van der Waals surface area contributed by atoms with E-state index in [1.807, 2.05) is 30.3 Å². The second-order valence-corrected chi connectivity index (χ2v) is 4.94. The molecule has 1 heterocycles. The van der Waals surface area contributed by atoms with E-state index in [-0.39, 0.29) is 0 Å².